The van der Waals surface area contributed by atoms with E-state index in [0.717, 1.165) is 42.3 Å². The van der Waals surface area contributed by atoms with Crippen LogP contribution in [0.1, 0.15) is 40.0 Å². The van der Waals surface area contributed by atoms with Crippen molar-refractivity contribution in [2.45, 2.75) is 46.1 Å². The van der Waals surface area contributed by atoms with Crippen molar-refractivity contribution in [2.75, 3.05) is 35.2 Å². The van der Waals surface area contributed by atoms with Gasteiger partial charge in [-0.05, 0) is 37.5 Å². The predicted octanol–water partition coefficient (Wildman–Crippen LogP) is 5.67. The van der Waals surface area contributed by atoms with Gasteiger partial charge < -0.3 is 20.6 Å². The molecule has 0 aliphatic rings. The fraction of sp³-hybridized carbons (Fsp3) is 0.417. The topological polar surface area (TPSA) is 116 Å². The number of aliphatic hydroxyl groups excluding tert-OH is 1. The number of aliphatic hydroxyl groups is 1. The average molecular weight is 485 g/mol. The molecule has 0 aliphatic carbocycles. The number of nitrogens with zero attached hydrogens (tertiary/aromatic N) is 4. The van der Waals surface area contributed by atoms with Gasteiger partial charge in [-0.2, -0.15) is 0 Å². The molecule has 0 bridgehead atoms. The summed E-state index contributed by atoms with van der Waals surface area (Å²) < 4.78 is 0. The average Bonchev–Trinajstić information content (AvgIpc) is 3.33. The standard InChI is InChI=1S/C24H32N6O3S/c1-4-13-29(14-5-2)24-27-20(16-34-24)17-7-9-19(10-8-17)26-23-21(30(32)33)11-12-22(28-23)25-18(6-3)15-31/h7-12,16,18,31H,4-6,13-15H2,1-3H3,(H2,25,26,28). The molecule has 3 rings (SSSR count). The summed E-state index contributed by atoms with van der Waals surface area (Å²) in [6.45, 7) is 8.20. The molecular weight excluding hydrogens is 452 g/mol. The van der Waals surface area contributed by atoms with Crippen LogP contribution in [-0.2, 0) is 0 Å². The molecule has 10 heteroatoms. The number of thiazole rings is 1. The van der Waals surface area contributed by atoms with Crippen LogP contribution in [0.4, 0.5) is 28.1 Å². The number of hydrogen-bond acceptors (Lipinski definition) is 9. The van der Waals surface area contributed by atoms with E-state index in [1.54, 1.807) is 17.4 Å². The van der Waals surface area contributed by atoms with E-state index < -0.39 is 4.92 Å². The molecule has 0 saturated heterocycles. The number of rotatable bonds is 13. The van der Waals surface area contributed by atoms with Gasteiger partial charge in [0, 0.05) is 35.8 Å². The molecule has 0 amide bonds. The lowest BCUT2D eigenvalue weighted by Gasteiger charge is -2.19. The van der Waals surface area contributed by atoms with Crippen molar-refractivity contribution in [2.24, 2.45) is 0 Å². The van der Waals surface area contributed by atoms with Gasteiger partial charge in [0.05, 0.1) is 23.3 Å². The molecule has 1 aromatic carbocycles. The predicted molar refractivity (Wildman–Crippen MR) is 139 cm³/mol. The maximum Gasteiger partial charge on any atom is 0.311 e. The fourth-order valence-electron chi connectivity index (χ4n) is 3.50. The first-order chi connectivity index (χ1) is 16.5. The Kier molecular flexibility index (Phi) is 9.17. The van der Waals surface area contributed by atoms with Crippen molar-refractivity contribution in [3.63, 3.8) is 0 Å². The van der Waals surface area contributed by atoms with E-state index in [1.807, 2.05) is 31.2 Å². The van der Waals surface area contributed by atoms with E-state index in [-0.39, 0.29) is 24.2 Å². The van der Waals surface area contributed by atoms with E-state index in [2.05, 4.69) is 39.7 Å². The summed E-state index contributed by atoms with van der Waals surface area (Å²) in [5.74, 6) is 0.602. The summed E-state index contributed by atoms with van der Waals surface area (Å²) >= 11 is 1.64. The van der Waals surface area contributed by atoms with Crippen molar-refractivity contribution in [3.8, 4) is 11.3 Å². The van der Waals surface area contributed by atoms with Crippen LogP contribution < -0.4 is 15.5 Å². The Hall–Kier alpha value is -3.24. The molecule has 182 valence electrons. The van der Waals surface area contributed by atoms with Crippen LogP contribution in [0.3, 0.4) is 0 Å². The Balaban J connectivity index is 1.78. The molecule has 2 heterocycles. The summed E-state index contributed by atoms with van der Waals surface area (Å²) in [4.78, 5) is 22.5. The first kappa shape index (κ1) is 25.4. The van der Waals surface area contributed by atoms with Crippen LogP contribution in [0.15, 0.2) is 41.8 Å². The Morgan fingerprint density at radius 3 is 2.38 bits per heavy atom. The summed E-state index contributed by atoms with van der Waals surface area (Å²) in [5, 5.41) is 30.2. The normalized spacial score (nSPS) is 11.8. The number of aromatic nitrogens is 2. The van der Waals surface area contributed by atoms with Crippen molar-refractivity contribution in [3.05, 3.63) is 51.9 Å². The first-order valence-electron chi connectivity index (χ1n) is 11.6. The number of benzene rings is 1. The van der Waals surface area contributed by atoms with Gasteiger partial charge in [0.25, 0.3) is 0 Å². The second kappa shape index (κ2) is 12.3. The minimum Gasteiger partial charge on any atom is -0.394 e. The highest BCUT2D eigenvalue weighted by molar-refractivity contribution is 7.14. The van der Waals surface area contributed by atoms with Gasteiger partial charge in [-0.15, -0.1) is 11.3 Å². The van der Waals surface area contributed by atoms with Crippen LogP contribution in [0.5, 0.6) is 0 Å². The van der Waals surface area contributed by atoms with Crippen molar-refractivity contribution in [1.29, 1.82) is 0 Å². The summed E-state index contributed by atoms with van der Waals surface area (Å²) in [6.07, 6.45) is 2.85. The molecule has 3 aromatic rings. The van der Waals surface area contributed by atoms with Gasteiger partial charge in [-0.1, -0.05) is 32.9 Å². The van der Waals surface area contributed by atoms with E-state index in [9.17, 15) is 15.2 Å². The number of pyridine rings is 1. The smallest absolute Gasteiger partial charge is 0.311 e. The largest absolute Gasteiger partial charge is 0.394 e. The molecule has 0 spiro atoms. The third-order valence-electron chi connectivity index (χ3n) is 5.33. The molecule has 0 saturated carbocycles. The van der Waals surface area contributed by atoms with E-state index in [1.165, 1.54) is 6.07 Å². The monoisotopic (exact) mass is 484 g/mol. The molecule has 9 nitrogen and oxygen atoms in total. The highest BCUT2D eigenvalue weighted by Gasteiger charge is 2.18. The highest BCUT2D eigenvalue weighted by atomic mass is 32.1. The Morgan fingerprint density at radius 1 is 1.09 bits per heavy atom. The highest BCUT2D eigenvalue weighted by Crippen LogP contribution is 2.31. The zero-order valence-electron chi connectivity index (χ0n) is 19.8. The number of anilines is 4. The third kappa shape index (κ3) is 6.42. The summed E-state index contributed by atoms with van der Waals surface area (Å²) in [7, 11) is 0. The Bertz CT molecular complexity index is 1060. The van der Waals surface area contributed by atoms with Crippen LogP contribution in [-0.4, -0.2) is 45.7 Å². The molecule has 34 heavy (non-hydrogen) atoms. The molecule has 1 atom stereocenters. The van der Waals surface area contributed by atoms with Gasteiger partial charge in [0.1, 0.15) is 5.82 Å². The van der Waals surface area contributed by atoms with Crippen LogP contribution in [0, 0.1) is 10.1 Å². The maximum atomic E-state index is 11.5. The van der Waals surface area contributed by atoms with Gasteiger partial charge in [-0.3, -0.25) is 10.1 Å². The van der Waals surface area contributed by atoms with Gasteiger partial charge in [0.15, 0.2) is 5.13 Å². The quantitative estimate of drug-likeness (QED) is 0.210. The second-order valence-corrected chi connectivity index (χ2v) is 8.79. The number of nitrogens with one attached hydrogen (secondary N) is 2. The van der Waals surface area contributed by atoms with E-state index in [4.69, 9.17) is 4.98 Å². The van der Waals surface area contributed by atoms with E-state index in [0.29, 0.717) is 17.9 Å². The lowest BCUT2D eigenvalue weighted by atomic mass is 10.1. The Labute approximate surface area is 204 Å². The number of nitro groups is 1. The first-order valence-corrected chi connectivity index (χ1v) is 12.5. The maximum absolute atomic E-state index is 11.5. The van der Waals surface area contributed by atoms with Crippen LogP contribution >= 0.6 is 11.3 Å². The van der Waals surface area contributed by atoms with Crippen molar-refractivity contribution in [1.82, 2.24) is 9.97 Å². The molecule has 3 N–H and O–H groups in total. The van der Waals surface area contributed by atoms with Gasteiger partial charge in [-0.25, -0.2) is 9.97 Å². The molecule has 0 fully saturated rings. The summed E-state index contributed by atoms with van der Waals surface area (Å²) in [6, 6.07) is 10.4. The van der Waals surface area contributed by atoms with Gasteiger partial charge in [0.2, 0.25) is 5.82 Å². The lowest BCUT2D eigenvalue weighted by molar-refractivity contribution is -0.384. The second-order valence-electron chi connectivity index (χ2n) is 7.96. The van der Waals surface area contributed by atoms with E-state index >= 15 is 0 Å². The SMILES string of the molecule is CCCN(CCC)c1nc(-c2ccc(Nc3nc(NC(CC)CO)ccc3[N+](=O)[O-])cc2)cs1. The minimum absolute atomic E-state index is 0.0492. The number of hydrogen-bond donors (Lipinski definition) is 3. The minimum atomic E-state index is -0.466. The molecule has 0 radical (unpaired) electrons. The summed E-state index contributed by atoms with van der Waals surface area (Å²) in [5.41, 5.74) is 2.45. The van der Waals surface area contributed by atoms with Crippen LogP contribution in [0.2, 0.25) is 0 Å². The lowest BCUT2D eigenvalue weighted by Crippen LogP contribution is -2.24. The van der Waals surface area contributed by atoms with Gasteiger partial charge >= 0.3 is 5.69 Å². The van der Waals surface area contributed by atoms with Crippen LogP contribution in [0.25, 0.3) is 11.3 Å². The van der Waals surface area contributed by atoms with Crippen molar-refractivity contribution < 1.29 is 10.0 Å². The zero-order chi connectivity index (χ0) is 24.5. The molecule has 2 aromatic heterocycles. The fourth-order valence-corrected chi connectivity index (χ4v) is 4.39. The third-order valence-corrected chi connectivity index (χ3v) is 6.23. The molecule has 1 unspecified atom stereocenters. The Morgan fingerprint density at radius 2 is 1.79 bits per heavy atom. The molecular formula is C24H32N6O3S. The molecule has 0 aliphatic heterocycles. The van der Waals surface area contributed by atoms with Crippen molar-refractivity contribution >= 4 is 39.5 Å². The zero-order valence-corrected chi connectivity index (χ0v) is 20.6.